The monoisotopic (exact) mass is 766 g/mol. The number of hydrogen-bond donors (Lipinski definition) is 0. The number of nitrogens with zero attached hydrogens (tertiary/aromatic N) is 4. The molecule has 220 valence electrons. The van der Waals surface area contributed by atoms with Crippen LogP contribution in [0.3, 0.4) is 0 Å². The van der Waals surface area contributed by atoms with Crippen LogP contribution in [0.2, 0.25) is 23.3 Å². The van der Waals surface area contributed by atoms with Crippen molar-refractivity contribution in [2.24, 2.45) is 0 Å². The van der Waals surface area contributed by atoms with Gasteiger partial charge in [0.15, 0.2) is 14.1 Å². The minimum atomic E-state index is -1.95. The summed E-state index contributed by atoms with van der Waals surface area (Å²) in [7, 11) is -1.95. The van der Waals surface area contributed by atoms with Crippen LogP contribution in [0, 0.1) is 9.39 Å². The van der Waals surface area contributed by atoms with Gasteiger partial charge >= 0.3 is 6.09 Å². The lowest BCUT2D eigenvalue weighted by atomic mass is 9.95. The average Bonchev–Trinajstić information content (AvgIpc) is 3.28. The molecule has 0 N–H and O–H groups in total. The van der Waals surface area contributed by atoms with Crippen LogP contribution in [-0.2, 0) is 9.16 Å². The SMILES string of the molecule is CC(C)(C)OC(=O)N1CC[C@H](n2ncc3c(Cl)nc4c(F)c(Br)c(I)cc4c32)C[C@H]1CCO[Si](C)(C)C(C)(C)C. The standard InChI is InChI=1S/C28H38BrClFIN4O3Si/c1-27(2,3)39-26(37)35-11-9-17(13-16(35)10-12-38-40(7,8)28(4,5)6)36-24-18-14-20(32)21(29)22(31)23(18)34-25(30)19(24)15-33-36/h14-17H,9-13H2,1-8H3/t16-,17+/m1/s1. The van der Waals surface area contributed by atoms with Crippen LogP contribution < -0.4 is 0 Å². The van der Waals surface area contributed by atoms with Gasteiger partial charge in [-0.05, 0) is 103 Å². The highest BCUT2D eigenvalue weighted by molar-refractivity contribution is 14.1. The van der Waals surface area contributed by atoms with Crippen LogP contribution in [0.4, 0.5) is 9.18 Å². The van der Waals surface area contributed by atoms with E-state index < -0.39 is 19.7 Å². The molecule has 1 aliphatic rings. The number of piperidine rings is 1. The number of fused-ring (bicyclic) bond motifs is 3. The number of aromatic nitrogens is 3. The zero-order valence-corrected chi connectivity index (χ0v) is 29.9. The van der Waals surface area contributed by atoms with Crippen LogP contribution >= 0.6 is 50.1 Å². The molecule has 12 heteroatoms. The maximum Gasteiger partial charge on any atom is 0.410 e. The van der Waals surface area contributed by atoms with Crippen LogP contribution in [-0.4, -0.2) is 58.9 Å². The molecule has 0 unspecified atom stereocenters. The van der Waals surface area contributed by atoms with E-state index in [1.54, 1.807) is 6.20 Å². The molecule has 40 heavy (non-hydrogen) atoms. The Bertz CT molecular complexity index is 1440. The summed E-state index contributed by atoms with van der Waals surface area (Å²) in [4.78, 5) is 19.4. The van der Waals surface area contributed by atoms with Crippen LogP contribution in [0.5, 0.6) is 0 Å². The molecule has 2 aromatic heterocycles. The molecule has 1 saturated heterocycles. The van der Waals surface area contributed by atoms with E-state index in [2.05, 4.69) is 77.4 Å². The largest absolute Gasteiger partial charge is 0.444 e. The van der Waals surface area contributed by atoms with Crippen molar-refractivity contribution in [3.8, 4) is 0 Å². The molecular weight excluding hydrogens is 730 g/mol. The van der Waals surface area contributed by atoms with Gasteiger partial charge in [0, 0.05) is 28.1 Å². The molecule has 0 radical (unpaired) electrons. The molecule has 0 saturated carbocycles. The minimum Gasteiger partial charge on any atom is -0.444 e. The van der Waals surface area contributed by atoms with Gasteiger partial charge in [-0.25, -0.2) is 14.2 Å². The summed E-state index contributed by atoms with van der Waals surface area (Å²) in [6.07, 6.45) is 3.41. The molecular formula is C28H38BrClFIN4O3Si. The van der Waals surface area contributed by atoms with Gasteiger partial charge < -0.3 is 14.1 Å². The number of amides is 1. The van der Waals surface area contributed by atoms with E-state index in [0.717, 1.165) is 9.09 Å². The first kappa shape index (κ1) is 31.9. The Labute approximate surface area is 263 Å². The summed E-state index contributed by atoms with van der Waals surface area (Å²) in [5.74, 6) is -0.446. The van der Waals surface area contributed by atoms with Gasteiger partial charge in [-0.2, -0.15) is 5.10 Å². The first-order chi connectivity index (χ1) is 18.4. The fourth-order valence-corrected chi connectivity index (χ4v) is 6.98. The van der Waals surface area contributed by atoms with E-state index in [1.165, 1.54) is 0 Å². The molecule has 3 heterocycles. The van der Waals surface area contributed by atoms with Gasteiger partial charge in [0.05, 0.1) is 27.6 Å². The lowest BCUT2D eigenvalue weighted by Crippen LogP contribution is -2.49. The number of pyridine rings is 1. The normalized spacial score (nSPS) is 19.1. The Morgan fingerprint density at radius 2 is 1.93 bits per heavy atom. The number of carbonyl (C=O) groups is 1. The molecule has 4 rings (SSSR count). The lowest BCUT2D eigenvalue weighted by molar-refractivity contribution is 0.00199. The summed E-state index contributed by atoms with van der Waals surface area (Å²) in [6.45, 7) is 17.8. The Morgan fingerprint density at radius 3 is 2.55 bits per heavy atom. The number of benzene rings is 1. The molecule has 1 amide bonds. The Morgan fingerprint density at radius 1 is 1.25 bits per heavy atom. The maximum absolute atomic E-state index is 15.2. The second kappa shape index (κ2) is 11.6. The second-order valence-corrected chi connectivity index (χ2v) is 20.2. The molecule has 3 aromatic rings. The first-order valence-corrected chi connectivity index (χ1v) is 18.7. The minimum absolute atomic E-state index is 0.0277. The van der Waals surface area contributed by atoms with Crippen molar-refractivity contribution in [3.63, 3.8) is 0 Å². The summed E-state index contributed by atoms with van der Waals surface area (Å²) < 4.78 is 30.6. The van der Waals surface area contributed by atoms with E-state index in [4.69, 9.17) is 25.9 Å². The van der Waals surface area contributed by atoms with Crippen molar-refractivity contribution in [3.05, 3.63) is 31.3 Å². The molecule has 0 bridgehead atoms. The Hall–Kier alpha value is -1.02. The summed E-state index contributed by atoms with van der Waals surface area (Å²) in [5, 5.41) is 6.37. The molecule has 1 aromatic carbocycles. The quantitative estimate of drug-likeness (QED) is 0.112. The molecule has 2 atom stereocenters. The zero-order chi connectivity index (χ0) is 29.8. The van der Waals surface area contributed by atoms with Gasteiger partial charge in [0.1, 0.15) is 16.3 Å². The first-order valence-electron chi connectivity index (χ1n) is 13.5. The summed E-state index contributed by atoms with van der Waals surface area (Å²) in [6, 6.07) is 1.78. The lowest BCUT2D eigenvalue weighted by Gasteiger charge is -2.41. The summed E-state index contributed by atoms with van der Waals surface area (Å²) >= 11 is 12.0. The number of rotatable bonds is 5. The number of likely N-dealkylation sites (tertiary alicyclic amines) is 1. The van der Waals surface area contributed by atoms with Crippen molar-refractivity contribution in [1.82, 2.24) is 19.7 Å². The molecule has 1 fully saturated rings. The van der Waals surface area contributed by atoms with E-state index in [9.17, 15) is 4.79 Å². The van der Waals surface area contributed by atoms with Crippen LogP contribution in [0.15, 0.2) is 16.7 Å². The van der Waals surface area contributed by atoms with Crippen LogP contribution in [0.1, 0.15) is 66.8 Å². The highest BCUT2D eigenvalue weighted by atomic mass is 127. The highest BCUT2D eigenvalue weighted by Gasteiger charge is 2.39. The smallest absolute Gasteiger partial charge is 0.410 e. The average molecular weight is 768 g/mol. The fourth-order valence-electron chi connectivity index (χ4n) is 4.85. The van der Waals surface area contributed by atoms with E-state index in [1.807, 2.05) is 36.4 Å². The molecule has 0 spiro atoms. The molecule has 0 aliphatic carbocycles. The Balaban J connectivity index is 1.69. The van der Waals surface area contributed by atoms with Gasteiger partial charge in [-0.1, -0.05) is 32.4 Å². The van der Waals surface area contributed by atoms with Crippen molar-refractivity contribution in [1.29, 1.82) is 0 Å². The maximum atomic E-state index is 15.2. The van der Waals surface area contributed by atoms with Gasteiger partial charge in [0.25, 0.3) is 0 Å². The van der Waals surface area contributed by atoms with E-state index >= 15 is 4.39 Å². The van der Waals surface area contributed by atoms with Crippen molar-refractivity contribution in [2.75, 3.05) is 13.2 Å². The van der Waals surface area contributed by atoms with Crippen LogP contribution in [0.25, 0.3) is 21.8 Å². The summed E-state index contributed by atoms with van der Waals surface area (Å²) in [5.41, 5.74) is 0.371. The highest BCUT2D eigenvalue weighted by Crippen LogP contribution is 2.40. The number of ether oxygens (including phenoxy) is 1. The molecule has 7 nitrogen and oxygen atoms in total. The molecule has 1 aliphatic heterocycles. The predicted molar refractivity (Wildman–Crippen MR) is 173 cm³/mol. The third-order valence-electron chi connectivity index (χ3n) is 8.00. The third-order valence-corrected chi connectivity index (χ3v) is 15.2. The van der Waals surface area contributed by atoms with Crippen molar-refractivity contribution < 1.29 is 18.3 Å². The number of carbonyl (C=O) groups excluding carboxylic acids is 1. The predicted octanol–water partition coefficient (Wildman–Crippen LogP) is 9.10. The van der Waals surface area contributed by atoms with Crippen molar-refractivity contribution >= 4 is 86.3 Å². The number of halogens is 4. The van der Waals surface area contributed by atoms with Gasteiger partial charge in [-0.15, -0.1) is 0 Å². The van der Waals surface area contributed by atoms with E-state index in [0.29, 0.717) is 47.7 Å². The Kier molecular flexibility index (Phi) is 9.23. The fraction of sp³-hybridized carbons (Fsp3) is 0.607. The van der Waals surface area contributed by atoms with E-state index in [-0.39, 0.29) is 33.9 Å². The second-order valence-electron chi connectivity index (χ2n) is 13.0. The third kappa shape index (κ3) is 6.47. The topological polar surface area (TPSA) is 69.5 Å². The van der Waals surface area contributed by atoms with Crippen molar-refractivity contribution in [2.45, 2.75) is 96.6 Å². The zero-order valence-electron chi connectivity index (χ0n) is 24.4. The number of hydrogen-bond acceptors (Lipinski definition) is 5. The van der Waals surface area contributed by atoms with Gasteiger partial charge in [-0.3, -0.25) is 4.68 Å². The van der Waals surface area contributed by atoms with Gasteiger partial charge in [0.2, 0.25) is 0 Å².